The van der Waals surface area contributed by atoms with Crippen molar-refractivity contribution in [1.82, 2.24) is 0 Å². The highest BCUT2D eigenvalue weighted by Gasteiger charge is 2.39. The fourth-order valence-corrected chi connectivity index (χ4v) is 6.98. The number of nitrogens with zero attached hydrogens (tertiary/aromatic N) is 1. The number of carbonyl (C=O) groups excluding carboxylic acids is 2. The van der Waals surface area contributed by atoms with E-state index in [-0.39, 0.29) is 22.6 Å². The van der Waals surface area contributed by atoms with Gasteiger partial charge in [-0.2, -0.15) is 0 Å². The molecule has 0 bridgehead atoms. The average molecular weight is 546 g/mol. The van der Waals surface area contributed by atoms with Gasteiger partial charge in [0.1, 0.15) is 0 Å². The lowest BCUT2D eigenvalue weighted by molar-refractivity contribution is -0.115. The van der Waals surface area contributed by atoms with Gasteiger partial charge in [0.25, 0.3) is 0 Å². The third kappa shape index (κ3) is 3.66. The smallest absolute Gasteiger partial charge is 0.197 e. The van der Waals surface area contributed by atoms with Gasteiger partial charge in [0.15, 0.2) is 11.6 Å². The van der Waals surface area contributed by atoms with Crippen LogP contribution in [0, 0.1) is 0 Å². The van der Waals surface area contributed by atoms with E-state index < -0.39 is 0 Å². The molecule has 0 aromatic heterocycles. The Kier molecular flexibility index (Phi) is 5.88. The number of hydrogen-bond donors (Lipinski definition) is 0. The lowest BCUT2D eigenvalue weighted by atomic mass is 9.71. The summed E-state index contributed by atoms with van der Waals surface area (Å²) >= 11 is 0. The molecule has 0 radical (unpaired) electrons. The average Bonchev–Trinajstić information content (AvgIpc) is 3.24. The Balaban J connectivity index is 1.42. The number of rotatable bonds is 4. The van der Waals surface area contributed by atoms with E-state index in [0.717, 1.165) is 29.2 Å². The van der Waals surface area contributed by atoms with E-state index in [4.69, 9.17) is 0 Å². The van der Waals surface area contributed by atoms with Crippen molar-refractivity contribution in [1.29, 1.82) is 0 Å². The van der Waals surface area contributed by atoms with Crippen molar-refractivity contribution in [2.45, 2.75) is 32.1 Å². The predicted octanol–water partition coefficient (Wildman–Crippen LogP) is 9.11. The maximum absolute atomic E-state index is 13.0. The van der Waals surface area contributed by atoms with Gasteiger partial charge in [0, 0.05) is 22.1 Å². The van der Waals surface area contributed by atoms with Crippen molar-refractivity contribution < 1.29 is 9.59 Å². The zero-order valence-corrected chi connectivity index (χ0v) is 23.9. The molecule has 1 heterocycles. The van der Waals surface area contributed by atoms with Gasteiger partial charge >= 0.3 is 0 Å². The SMILES string of the molecule is C=CC1=C(C=C)C(=O)C(=Cc2ccc3c4c(ccc3c2)N(c2cccc3c2C=CCC3)c2ccccc2C4(C)C)C1=O. The first-order valence-electron chi connectivity index (χ1n) is 14.4. The van der Waals surface area contributed by atoms with Gasteiger partial charge in [-0.25, -0.2) is 0 Å². The summed E-state index contributed by atoms with van der Waals surface area (Å²) in [7, 11) is 0. The minimum atomic E-state index is -0.302. The Bertz CT molecular complexity index is 1950. The molecule has 3 nitrogen and oxygen atoms in total. The molecule has 3 aliphatic rings. The number of benzene rings is 4. The van der Waals surface area contributed by atoms with Gasteiger partial charge in [-0.15, -0.1) is 0 Å². The number of Topliss-reactive ketones (excluding diaryl/α,β-unsaturated/α-hetero) is 2. The van der Waals surface area contributed by atoms with Crippen LogP contribution in [-0.4, -0.2) is 11.6 Å². The van der Waals surface area contributed by atoms with E-state index >= 15 is 0 Å². The Morgan fingerprint density at radius 3 is 2.31 bits per heavy atom. The summed E-state index contributed by atoms with van der Waals surface area (Å²) in [4.78, 5) is 28.4. The minimum Gasteiger partial charge on any atom is -0.309 e. The molecule has 4 aromatic carbocycles. The van der Waals surface area contributed by atoms with Crippen molar-refractivity contribution in [3.63, 3.8) is 0 Å². The molecule has 0 atom stereocenters. The zero-order valence-electron chi connectivity index (χ0n) is 23.9. The Morgan fingerprint density at radius 1 is 0.810 bits per heavy atom. The molecule has 0 saturated heterocycles. The van der Waals surface area contributed by atoms with E-state index in [0.29, 0.717) is 11.1 Å². The Morgan fingerprint density at radius 2 is 1.55 bits per heavy atom. The van der Waals surface area contributed by atoms with Crippen molar-refractivity contribution in [3.05, 3.63) is 149 Å². The molecule has 4 aromatic rings. The Hall–Kier alpha value is -5.02. The van der Waals surface area contributed by atoms with Crippen LogP contribution < -0.4 is 4.90 Å². The number of fused-ring (bicyclic) bond motifs is 5. The van der Waals surface area contributed by atoms with Crippen LogP contribution in [0.5, 0.6) is 0 Å². The van der Waals surface area contributed by atoms with E-state index in [1.807, 2.05) is 6.07 Å². The minimum absolute atomic E-state index is 0.152. The summed E-state index contributed by atoms with van der Waals surface area (Å²) in [5.74, 6) is -0.604. The molecule has 0 fully saturated rings. The van der Waals surface area contributed by atoms with Crippen LogP contribution in [0.1, 0.15) is 48.1 Å². The van der Waals surface area contributed by atoms with Gasteiger partial charge < -0.3 is 4.90 Å². The fourth-order valence-electron chi connectivity index (χ4n) is 6.98. The molecule has 0 spiro atoms. The maximum Gasteiger partial charge on any atom is 0.197 e. The largest absolute Gasteiger partial charge is 0.309 e. The predicted molar refractivity (Wildman–Crippen MR) is 174 cm³/mol. The number of anilines is 3. The van der Waals surface area contributed by atoms with Crippen LogP contribution >= 0.6 is 0 Å². The summed E-state index contributed by atoms with van der Waals surface area (Å²) in [6, 6.07) is 25.9. The van der Waals surface area contributed by atoms with Gasteiger partial charge in [0.2, 0.25) is 0 Å². The van der Waals surface area contributed by atoms with E-state index in [2.05, 4.69) is 111 Å². The molecular formula is C39H31NO2. The quantitative estimate of drug-likeness (QED) is 0.190. The lowest BCUT2D eigenvalue weighted by Gasteiger charge is -2.43. The molecule has 7 rings (SSSR count). The van der Waals surface area contributed by atoms with Crippen LogP contribution in [0.25, 0.3) is 22.9 Å². The third-order valence-corrected chi connectivity index (χ3v) is 8.97. The van der Waals surface area contributed by atoms with E-state index in [1.165, 1.54) is 51.5 Å². The second kappa shape index (κ2) is 9.53. The van der Waals surface area contributed by atoms with E-state index in [9.17, 15) is 9.59 Å². The van der Waals surface area contributed by atoms with Crippen LogP contribution in [-0.2, 0) is 21.4 Å². The van der Waals surface area contributed by atoms with Crippen LogP contribution in [0.3, 0.4) is 0 Å². The van der Waals surface area contributed by atoms with Gasteiger partial charge in [-0.3, -0.25) is 9.59 Å². The molecule has 0 N–H and O–H groups in total. The highest BCUT2D eigenvalue weighted by molar-refractivity contribution is 6.41. The van der Waals surface area contributed by atoms with Crippen molar-refractivity contribution >= 4 is 51.6 Å². The molecule has 42 heavy (non-hydrogen) atoms. The second-order valence-corrected chi connectivity index (χ2v) is 11.7. The number of ketones is 2. The number of aryl methyl sites for hydroxylation is 1. The van der Waals surface area contributed by atoms with Crippen molar-refractivity contribution in [2.24, 2.45) is 0 Å². The molecule has 0 amide bonds. The first-order valence-corrected chi connectivity index (χ1v) is 14.4. The molecular weight excluding hydrogens is 514 g/mol. The summed E-state index contributed by atoms with van der Waals surface area (Å²) in [5.41, 5.74) is 10.1. The van der Waals surface area contributed by atoms with Gasteiger partial charge in [0.05, 0.1) is 22.6 Å². The number of carbonyl (C=O) groups is 2. The van der Waals surface area contributed by atoms with Gasteiger partial charge in [-0.1, -0.05) is 99.8 Å². The van der Waals surface area contributed by atoms with Gasteiger partial charge in [-0.05, 0) is 76.2 Å². The summed E-state index contributed by atoms with van der Waals surface area (Å²) in [6.45, 7) is 12.0. The first-order chi connectivity index (χ1) is 20.3. The topological polar surface area (TPSA) is 37.4 Å². The van der Waals surface area contributed by atoms with Crippen molar-refractivity contribution in [3.8, 4) is 0 Å². The molecule has 3 heteroatoms. The molecule has 204 valence electrons. The highest BCUT2D eigenvalue weighted by Crippen LogP contribution is 2.54. The summed E-state index contributed by atoms with van der Waals surface area (Å²) in [5, 5.41) is 2.21. The van der Waals surface area contributed by atoms with Crippen LogP contribution in [0.4, 0.5) is 17.1 Å². The Labute approximate surface area is 246 Å². The summed E-state index contributed by atoms with van der Waals surface area (Å²) < 4.78 is 0. The molecule has 0 unspecified atom stereocenters. The fraction of sp³-hybridized carbons (Fsp3) is 0.128. The second-order valence-electron chi connectivity index (χ2n) is 11.7. The standard InChI is InChI=1S/C39H31NO2/c1-5-27-28(6-2)38(42)31(37(27)41)23-24-18-20-30-26(22-24)19-21-35-36(30)39(3,4)32-15-9-10-16-34(32)40(35)33-17-11-13-25-12-7-8-14-29(25)33/h5-6,8-11,13-23H,1-2,7,12H2,3-4H3. The number of para-hydroxylation sites is 1. The molecule has 2 aliphatic carbocycles. The summed E-state index contributed by atoms with van der Waals surface area (Å²) in [6.07, 6.45) is 11.2. The number of hydrogen-bond acceptors (Lipinski definition) is 3. The van der Waals surface area contributed by atoms with Crippen LogP contribution in [0.15, 0.2) is 121 Å². The lowest BCUT2D eigenvalue weighted by Crippen LogP contribution is -2.31. The zero-order chi connectivity index (χ0) is 29.2. The maximum atomic E-state index is 13.0. The monoisotopic (exact) mass is 545 g/mol. The highest BCUT2D eigenvalue weighted by atomic mass is 16.2. The number of allylic oxidation sites excluding steroid dienone is 6. The molecule has 0 saturated carbocycles. The van der Waals surface area contributed by atoms with Crippen molar-refractivity contribution in [2.75, 3.05) is 4.90 Å². The van der Waals surface area contributed by atoms with Crippen LogP contribution in [0.2, 0.25) is 0 Å². The third-order valence-electron chi connectivity index (χ3n) is 8.97. The normalized spacial score (nSPS) is 16.8. The molecule has 1 aliphatic heterocycles. The first kappa shape index (κ1) is 25.9. The van der Waals surface area contributed by atoms with E-state index in [1.54, 1.807) is 6.08 Å².